The quantitative estimate of drug-likeness (QED) is 0.907. The maximum atomic E-state index is 12.5. The summed E-state index contributed by atoms with van der Waals surface area (Å²) in [6.07, 6.45) is -3.04. The van der Waals surface area contributed by atoms with Crippen LogP contribution in [0.4, 0.5) is 30.5 Å². The van der Waals surface area contributed by atoms with Crippen molar-refractivity contribution in [1.29, 1.82) is 0 Å². The van der Waals surface area contributed by atoms with Gasteiger partial charge in [-0.05, 0) is 24.3 Å². The van der Waals surface area contributed by atoms with Gasteiger partial charge in [0.2, 0.25) is 5.75 Å². The molecule has 8 heteroatoms. The largest absolute Gasteiger partial charge is 0.490 e. The molecule has 5 nitrogen and oxygen atoms in total. The third-order valence-electron chi connectivity index (χ3n) is 2.72. The summed E-state index contributed by atoms with van der Waals surface area (Å²) in [5, 5.41) is 5.73. The van der Waals surface area contributed by atoms with Crippen LogP contribution in [0.15, 0.2) is 30.6 Å². The highest BCUT2D eigenvalue weighted by molar-refractivity contribution is 5.69. The van der Waals surface area contributed by atoms with Crippen molar-refractivity contribution in [3.63, 3.8) is 0 Å². The summed E-state index contributed by atoms with van der Waals surface area (Å²) in [5.74, 6) is 1.21. The van der Waals surface area contributed by atoms with Crippen LogP contribution >= 0.6 is 0 Å². The van der Waals surface area contributed by atoms with Crippen LogP contribution in [0, 0.1) is 0 Å². The second-order valence-corrected chi connectivity index (χ2v) is 4.05. The Morgan fingerprint density at radius 1 is 1.05 bits per heavy atom. The third-order valence-corrected chi connectivity index (χ3v) is 2.72. The molecule has 0 saturated heterocycles. The summed E-state index contributed by atoms with van der Waals surface area (Å²) in [5.41, 5.74) is -0.249. The van der Waals surface area contributed by atoms with E-state index in [1.165, 1.54) is 25.6 Å². The Morgan fingerprint density at radius 3 is 2.19 bits per heavy atom. The Hall–Kier alpha value is -2.51. The molecule has 2 rings (SSSR count). The molecule has 0 aliphatic carbocycles. The number of rotatable bonds is 4. The third kappa shape index (κ3) is 3.33. The van der Waals surface area contributed by atoms with E-state index in [0.717, 1.165) is 12.1 Å². The highest BCUT2D eigenvalue weighted by Crippen LogP contribution is 2.33. The number of nitrogens with one attached hydrogen (secondary N) is 2. The van der Waals surface area contributed by atoms with Crippen LogP contribution in [0.2, 0.25) is 0 Å². The fourth-order valence-electron chi connectivity index (χ4n) is 1.71. The molecule has 21 heavy (non-hydrogen) atoms. The van der Waals surface area contributed by atoms with E-state index in [1.807, 2.05) is 0 Å². The van der Waals surface area contributed by atoms with E-state index in [2.05, 4.69) is 20.6 Å². The van der Waals surface area contributed by atoms with Gasteiger partial charge in [-0.15, -0.1) is 0 Å². The van der Waals surface area contributed by atoms with E-state index >= 15 is 0 Å². The number of aromatic nitrogens is 2. The van der Waals surface area contributed by atoms with E-state index < -0.39 is 11.7 Å². The fourth-order valence-corrected chi connectivity index (χ4v) is 1.71. The topological polar surface area (TPSA) is 59.1 Å². The van der Waals surface area contributed by atoms with Crippen LogP contribution < -0.4 is 15.4 Å². The fraction of sp³-hybridized carbons (Fsp3) is 0.231. The molecule has 0 spiro atoms. The molecule has 0 unspecified atom stereocenters. The van der Waals surface area contributed by atoms with Crippen molar-refractivity contribution in [2.24, 2.45) is 0 Å². The lowest BCUT2D eigenvalue weighted by atomic mass is 10.2. The average molecular weight is 298 g/mol. The molecule has 0 aliphatic rings. The lowest BCUT2D eigenvalue weighted by Crippen LogP contribution is -2.05. The molecule has 2 aromatic rings. The predicted molar refractivity (Wildman–Crippen MR) is 72.9 cm³/mol. The normalized spacial score (nSPS) is 11.1. The van der Waals surface area contributed by atoms with E-state index in [0.29, 0.717) is 23.1 Å². The van der Waals surface area contributed by atoms with Gasteiger partial charge in [0.25, 0.3) is 0 Å². The zero-order chi connectivity index (χ0) is 15.5. The SMILES string of the molecule is CNc1ncnc(Nc2ccc(C(F)(F)F)cc2)c1OC. The van der Waals surface area contributed by atoms with Gasteiger partial charge in [0.05, 0.1) is 12.7 Å². The number of halogens is 3. The molecule has 0 radical (unpaired) electrons. The van der Waals surface area contributed by atoms with E-state index in [9.17, 15) is 13.2 Å². The molecule has 1 aromatic carbocycles. The number of benzene rings is 1. The summed E-state index contributed by atoms with van der Waals surface area (Å²) in [4.78, 5) is 8.00. The number of ether oxygens (including phenoxy) is 1. The van der Waals surface area contributed by atoms with Crippen LogP contribution in [0.25, 0.3) is 0 Å². The molecule has 0 amide bonds. The number of alkyl halides is 3. The summed E-state index contributed by atoms with van der Waals surface area (Å²) < 4.78 is 42.7. The number of hydrogen-bond acceptors (Lipinski definition) is 5. The first-order valence-corrected chi connectivity index (χ1v) is 5.96. The zero-order valence-corrected chi connectivity index (χ0v) is 11.3. The zero-order valence-electron chi connectivity index (χ0n) is 11.3. The Bertz CT molecular complexity index is 614. The smallest absolute Gasteiger partial charge is 0.416 e. The van der Waals surface area contributed by atoms with Crippen molar-refractivity contribution >= 4 is 17.3 Å². The average Bonchev–Trinajstić information content (AvgIpc) is 2.46. The minimum Gasteiger partial charge on any atom is -0.490 e. The molecule has 112 valence electrons. The van der Waals surface area contributed by atoms with E-state index in [-0.39, 0.29) is 0 Å². The lowest BCUT2D eigenvalue weighted by molar-refractivity contribution is -0.137. The first kappa shape index (κ1) is 14.9. The van der Waals surface area contributed by atoms with Crippen LogP contribution in [-0.2, 0) is 6.18 Å². The summed E-state index contributed by atoms with van der Waals surface area (Å²) in [6.45, 7) is 0. The van der Waals surface area contributed by atoms with Crippen molar-refractivity contribution < 1.29 is 17.9 Å². The standard InChI is InChI=1S/C13H13F3N4O/c1-17-11-10(21-2)12(19-7-18-11)20-9-5-3-8(4-6-9)13(14,15)16/h3-7H,1-2H3,(H2,17,18,19,20). The van der Waals surface area contributed by atoms with E-state index in [4.69, 9.17) is 4.74 Å². The molecular weight excluding hydrogens is 285 g/mol. The maximum absolute atomic E-state index is 12.5. The second-order valence-electron chi connectivity index (χ2n) is 4.05. The molecule has 1 heterocycles. The van der Waals surface area contributed by atoms with Crippen LogP contribution in [0.1, 0.15) is 5.56 Å². The van der Waals surface area contributed by atoms with E-state index in [1.54, 1.807) is 7.05 Å². The summed E-state index contributed by atoms with van der Waals surface area (Å²) >= 11 is 0. The minimum atomic E-state index is -4.36. The van der Waals surface area contributed by atoms with Gasteiger partial charge >= 0.3 is 6.18 Å². The van der Waals surface area contributed by atoms with Crippen molar-refractivity contribution in [3.8, 4) is 5.75 Å². The van der Waals surface area contributed by atoms with Crippen molar-refractivity contribution in [1.82, 2.24) is 9.97 Å². The number of methoxy groups -OCH3 is 1. The molecule has 0 aliphatic heterocycles. The molecule has 0 bridgehead atoms. The highest BCUT2D eigenvalue weighted by atomic mass is 19.4. The van der Waals surface area contributed by atoms with Crippen molar-refractivity contribution in [3.05, 3.63) is 36.2 Å². The highest BCUT2D eigenvalue weighted by Gasteiger charge is 2.29. The summed E-state index contributed by atoms with van der Waals surface area (Å²) in [6, 6.07) is 4.64. The Labute approximate surface area is 119 Å². The second kappa shape index (κ2) is 5.86. The summed E-state index contributed by atoms with van der Waals surface area (Å²) in [7, 11) is 3.13. The van der Waals surface area contributed by atoms with Gasteiger partial charge < -0.3 is 15.4 Å². The predicted octanol–water partition coefficient (Wildman–Crippen LogP) is 3.29. The van der Waals surface area contributed by atoms with Gasteiger partial charge in [-0.25, -0.2) is 9.97 Å². The Kier molecular flexibility index (Phi) is 4.15. The maximum Gasteiger partial charge on any atom is 0.416 e. The number of anilines is 3. The number of nitrogens with zero attached hydrogens (tertiary/aromatic N) is 2. The van der Waals surface area contributed by atoms with Gasteiger partial charge in [0, 0.05) is 12.7 Å². The van der Waals surface area contributed by atoms with Crippen LogP contribution in [0.5, 0.6) is 5.75 Å². The number of hydrogen-bond donors (Lipinski definition) is 2. The molecule has 2 N–H and O–H groups in total. The van der Waals surface area contributed by atoms with Gasteiger partial charge in [0.15, 0.2) is 11.6 Å². The monoisotopic (exact) mass is 298 g/mol. The van der Waals surface area contributed by atoms with Gasteiger partial charge in [-0.1, -0.05) is 0 Å². The minimum absolute atomic E-state index is 0.358. The lowest BCUT2D eigenvalue weighted by Gasteiger charge is -2.13. The van der Waals surface area contributed by atoms with Gasteiger partial charge in [-0.3, -0.25) is 0 Å². The first-order valence-electron chi connectivity index (χ1n) is 5.96. The molecule has 0 atom stereocenters. The van der Waals surface area contributed by atoms with Gasteiger partial charge in [-0.2, -0.15) is 13.2 Å². The Balaban J connectivity index is 2.26. The van der Waals surface area contributed by atoms with Gasteiger partial charge in [0.1, 0.15) is 6.33 Å². The first-order chi connectivity index (χ1) is 9.95. The molecule has 0 fully saturated rings. The molecular formula is C13H13F3N4O. The van der Waals surface area contributed by atoms with Crippen LogP contribution in [0.3, 0.4) is 0 Å². The molecule has 0 saturated carbocycles. The van der Waals surface area contributed by atoms with Crippen molar-refractivity contribution in [2.75, 3.05) is 24.8 Å². The van der Waals surface area contributed by atoms with Crippen molar-refractivity contribution in [2.45, 2.75) is 6.18 Å². The molecule has 1 aromatic heterocycles. The Morgan fingerprint density at radius 2 is 1.67 bits per heavy atom. The van der Waals surface area contributed by atoms with Crippen LogP contribution in [-0.4, -0.2) is 24.1 Å².